The van der Waals surface area contributed by atoms with Gasteiger partial charge in [0.15, 0.2) is 0 Å². The third-order valence-electron chi connectivity index (χ3n) is 3.84. The lowest BCUT2D eigenvalue weighted by atomic mass is 10.1. The van der Waals surface area contributed by atoms with E-state index >= 15 is 0 Å². The van der Waals surface area contributed by atoms with Gasteiger partial charge in [-0.1, -0.05) is 30.7 Å². The molecule has 0 radical (unpaired) electrons. The fourth-order valence-corrected chi connectivity index (χ4v) is 2.91. The van der Waals surface area contributed by atoms with Gasteiger partial charge in [-0.2, -0.15) is 0 Å². The Morgan fingerprint density at radius 3 is 2.89 bits per heavy atom. The standard InChI is InChI=1S/C15H23ClN2/c1-3-18-10-5-7-13(9-11-18)17-15-12(2)6-4-8-14(15)16/h4,6,8,13,17H,3,5,7,9-11H2,1-2H3. The molecule has 1 aromatic rings. The SMILES string of the molecule is CCN1CCCC(Nc2c(C)cccc2Cl)CC1. The number of halogens is 1. The molecule has 3 heteroatoms. The fourth-order valence-electron chi connectivity index (χ4n) is 2.64. The van der Waals surface area contributed by atoms with Crippen molar-refractivity contribution >= 4 is 17.3 Å². The van der Waals surface area contributed by atoms with Crippen LogP contribution in [0.2, 0.25) is 5.02 Å². The molecule has 0 bridgehead atoms. The van der Waals surface area contributed by atoms with E-state index in [2.05, 4.69) is 30.1 Å². The summed E-state index contributed by atoms with van der Waals surface area (Å²) < 4.78 is 0. The number of likely N-dealkylation sites (tertiary alicyclic amines) is 1. The summed E-state index contributed by atoms with van der Waals surface area (Å²) in [7, 11) is 0. The first-order valence-corrected chi connectivity index (χ1v) is 7.32. The number of para-hydroxylation sites is 1. The van der Waals surface area contributed by atoms with Crippen LogP contribution >= 0.6 is 11.6 Å². The van der Waals surface area contributed by atoms with Gasteiger partial charge in [-0.15, -0.1) is 0 Å². The third kappa shape index (κ3) is 3.39. The quantitative estimate of drug-likeness (QED) is 0.892. The predicted molar refractivity (Wildman–Crippen MR) is 79.6 cm³/mol. The lowest BCUT2D eigenvalue weighted by Crippen LogP contribution is -2.26. The highest BCUT2D eigenvalue weighted by molar-refractivity contribution is 6.33. The van der Waals surface area contributed by atoms with Crippen LogP contribution in [-0.2, 0) is 0 Å². The molecule has 18 heavy (non-hydrogen) atoms. The van der Waals surface area contributed by atoms with Crippen LogP contribution in [0.3, 0.4) is 0 Å². The van der Waals surface area contributed by atoms with Gasteiger partial charge < -0.3 is 10.2 Å². The van der Waals surface area contributed by atoms with Crippen molar-refractivity contribution in [3.05, 3.63) is 28.8 Å². The minimum atomic E-state index is 0.556. The Morgan fingerprint density at radius 2 is 2.17 bits per heavy atom. The van der Waals surface area contributed by atoms with Gasteiger partial charge in [0.05, 0.1) is 10.7 Å². The van der Waals surface area contributed by atoms with Gasteiger partial charge in [-0.25, -0.2) is 0 Å². The molecule has 1 aliphatic heterocycles. The van der Waals surface area contributed by atoms with E-state index in [0.29, 0.717) is 6.04 Å². The molecule has 0 amide bonds. The molecule has 1 unspecified atom stereocenters. The highest BCUT2D eigenvalue weighted by atomic mass is 35.5. The molecule has 1 N–H and O–H groups in total. The number of nitrogens with zero attached hydrogens (tertiary/aromatic N) is 1. The minimum Gasteiger partial charge on any atom is -0.381 e. The maximum Gasteiger partial charge on any atom is 0.0640 e. The maximum atomic E-state index is 6.27. The van der Waals surface area contributed by atoms with Gasteiger partial charge in [-0.05, 0) is 50.9 Å². The molecule has 0 saturated carbocycles. The van der Waals surface area contributed by atoms with Crippen molar-refractivity contribution in [3.63, 3.8) is 0 Å². The number of hydrogen-bond donors (Lipinski definition) is 1. The molecular formula is C15H23ClN2. The summed E-state index contributed by atoms with van der Waals surface area (Å²) >= 11 is 6.27. The first kappa shape index (κ1) is 13.7. The summed E-state index contributed by atoms with van der Waals surface area (Å²) in [6.07, 6.45) is 3.72. The highest BCUT2D eigenvalue weighted by Crippen LogP contribution is 2.27. The Labute approximate surface area is 115 Å². The van der Waals surface area contributed by atoms with Gasteiger partial charge in [0.25, 0.3) is 0 Å². The molecule has 1 aliphatic rings. The Morgan fingerprint density at radius 1 is 1.33 bits per heavy atom. The van der Waals surface area contributed by atoms with E-state index in [1.54, 1.807) is 0 Å². The second-order valence-corrected chi connectivity index (χ2v) is 5.55. The lowest BCUT2D eigenvalue weighted by molar-refractivity contribution is 0.300. The van der Waals surface area contributed by atoms with Gasteiger partial charge in [0.1, 0.15) is 0 Å². The molecule has 1 heterocycles. The summed E-state index contributed by atoms with van der Waals surface area (Å²) in [5.74, 6) is 0. The molecule has 1 fully saturated rings. The Bertz CT molecular complexity index is 372. The van der Waals surface area contributed by atoms with Crippen molar-refractivity contribution in [3.8, 4) is 0 Å². The molecule has 0 aliphatic carbocycles. The number of aryl methyl sites for hydroxylation is 1. The topological polar surface area (TPSA) is 15.3 Å². The summed E-state index contributed by atoms with van der Waals surface area (Å²) in [6.45, 7) is 7.95. The van der Waals surface area contributed by atoms with E-state index in [9.17, 15) is 0 Å². The van der Waals surface area contributed by atoms with Crippen LogP contribution in [0.5, 0.6) is 0 Å². The van der Waals surface area contributed by atoms with E-state index in [-0.39, 0.29) is 0 Å². The molecule has 1 aromatic carbocycles. The molecule has 2 nitrogen and oxygen atoms in total. The van der Waals surface area contributed by atoms with E-state index in [4.69, 9.17) is 11.6 Å². The van der Waals surface area contributed by atoms with Crippen LogP contribution < -0.4 is 5.32 Å². The first-order valence-electron chi connectivity index (χ1n) is 6.94. The zero-order valence-corrected chi connectivity index (χ0v) is 12.1. The Balaban J connectivity index is 2.01. The van der Waals surface area contributed by atoms with Crippen molar-refractivity contribution in [2.75, 3.05) is 25.0 Å². The summed E-state index contributed by atoms with van der Waals surface area (Å²) in [6, 6.07) is 6.64. The number of rotatable bonds is 3. The number of anilines is 1. The summed E-state index contributed by atoms with van der Waals surface area (Å²) in [4.78, 5) is 2.53. The maximum absolute atomic E-state index is 6.27. The summed E-state index contributed by atoms with van der Waals surface area (Å²) in [5.41, 5.74) is 2.35. The second kappa shape index (κ2) is 6.44. The lowest BCUT2D eigenvalue weighted by Gasteiger charge is -2.21. The Kier molecular flexibility index (Phi) is 4.90. The van der Waals surface area contributed by atoms with E-state index in [1.807, 2.05) is 12.1 Å². The van der Waals surface area contributed by atoms with Gasteiger partial charge in [0.2, 0.25) is 0 Å². The normalized spacial score (nSPS) is 21.6. The summed E-state index contributed by atoms with van der Waals surface area (Å²) in [5, 5.41) is 4.48. The zero-order valence-electron chi connectivity index (χ0n) is 11.4. The van der Waals surface area contributed by atoms with Crippen molar-refractivity contribution in [1.29, 1.82) is 0 Å². The second-order valence-electron chi connectivity index (χ2n) is 5.14. The minimum absolute atomic E-state index is 0.556. The van der Waals surface area contributed by atoms with E-state index in [0.717, 1.165) is 17.3 Å². The van der Waals surface area contributed by atoms with Crippen LogP contribution in [0.1, 0.15) is 31.7 Å². The highest BCUT2D eigenvalue weighted by Gasteiger charge is 2.17. The van der Waals surface area contributed by atoms with Crippen LogP contribution in [0.4, 0.5) is 5.69 Å². The van der Waals surface area contributed by atoms with Gasteiger partial charge in [0, 0.05) is 12.6 Å². The van der Waals surface area contributed by atoms with Gasteiger partial charge in [-0.3, -0.25) is 0 Å². The predicted octanol–water partition coefficient (Wildman–Crippen LogP) is 3.93. The Hall–Kier alpha value is -0.730. The molecule has 2 rings (SSSR count). The zero-order chi connectivity index (χ0) is 13.0. The monoisotopic (exact) mass is 266 g/mol. The van der Waals surface area contributed by atoms with Crippen LogP contribution in [0, 0.1) is 6.92 Å². The molecule has 1 atom stereocenters. The first-order chi connectivity index (χ1) is 8.70. The van der Waals surface area contributed by atoms with Crippen LogP contribution in [-0.4, -0.2) is 30.6 Å². The molecule has 0 spiro atoms. The van der Waals surface area contributed by atoms with Crippen molar-refractivity contribution in [2.24, 2.45) is 0 Å². The van der Waals surface area contributed by atoms with E-state index in [1.165, 1.54) is 37.9 Å². The fraction of sp³-hybridized carbons (Fsp3) is 0.600. The van der Waals surface area contributed by atoms with Crippen molar-refractivity contribution < 1.29 is 0 Å². The van der Waals surface area contributed by atoms with Gasteiger partial charge >= 0.3 is 0 Å². The average Bonchev–Trinajstić information content (AvgIpc) is 2.59. The smallest absolute Gasteiger partial charge is 0.0640 e. The molecule has 0 aromatic heterocycles. The molecule has 100 valence electrons. The number of hydrogen-bond acceptors (Lipinski definition) is 2. The van der Waals surface area contributed by atoms with Crippen LogP contribution in [0.25, 0.3) is 0 Å². The number of benzene rings is 1. The van der Waals surface area contributed by atoms with E-state index < -0.39 is 0 Å². The number of nitrogens with one attached hydrogen (secondary N) is 1. The third-order valence-corrected chi connectivity index (χ3v) is 4.15. The van der Waals surface area contributed by atoms with Crippen molar-refractivity contribution in [1.82, 2.24) is 4.90 Å². The van der Waals surface area contributed by atoms with Crippen LogP contribution in [0.15, 0.2) is 18.2 Å². The largest absolute Gasteiger partial charge is 0.381 e. The molecular weight excluding hydrogens is 244 g/mol. The average molecular weight is 267 g/mol. The van der Waals surface area contributed by atoms with Crippen molar-refractivity contribution in [2.45, 2.75) is 39.2 Å². The molecule has 1 saturated heterocycles.